The van der Waals surface area contributed by atoms with E-state index in [-0.39, 0.29) is 0 Å². The molecule has 0 amide bonds. The Morgan fingerprint density at radius 3 is 2.63 bits per heavy atom. The fourth-order valence-electron chi connectivity index (χ4n) is 1.61. The largest absolute Gasteiger partial charge is 0.481 e. The van der Waals surface area contributed by atoms with Gasteiger partial charge in [-0.15, -0.1) is 11.3 Å². The van der Waals surface area contributed by atoms with Crippen LogP contribution in [-0.2, 0) is 10.2 Å². The summed E-state index contributed by atoms with van der Waals surface area (Å²) >= 11 is 1.46. The predicted octanol–water partition coefficient (Wildman–Crippen LogP) is 2.26. The van der Waals surface area contributed by atoms with E-state index >= 15 is 0 Å². The van der Waals surface area contributed by atoms with Crippen molar-refractivity contribution in [2.24, 2.45) is 0 Å². The van der Waals surface area contributed by atoms with Crippen LogP contribution in [0.25, 0.3) is 0 Å². The summed E-state index contributed by atoms with van der Waals surface area (Å²) in [5.74, 6) is -0.854. The van der Waals surface area contributed by atoms with Gasteiger partial charge in [0.05, 0.1) is 5.69 Å². The second kappa shape index (κ2) is 6.86. The maximum absolute atomic E-state index is 11.1. The molecule has 0 spiro atoms. The van der Waals surface area contributed by atoms with Crippen molar-refractivity contribution >= 4 is 22.4 Å². The molecule has 0 atom stereocenters. The minimum Gasteiger partial charge on any atom is -0.481 e. The van der Waals surface area contributed by atoms with Crippen LogP contribution in [0.4, 0.5) is 5.13 Å². The van der Waals surface area contributed by atoms with Gasteiger partial charge in [-0.05, 0) is 26.9 Å². The molecule has 19 heavy (non-hydrogen) atoms. The number of hydrogen-bond donors (Lipinski definition) is 2. The number of carbonyl (C=O) groups is 1. The summed E-state index contributed by atoms with van der Waals surface area (Å²) < 4.78 is 0. The Morgan fingerprint density at radius 1 is 1.47 bits per heavy atom. The van der Waals surface area contributed by atoms with E-state index < -0.39 is 11.4 Å². The second-order valence-corrected chi connectivity index (χ2v) is 5.78. The van der Waals surface area contributed by atoms with Gasteiger partial charge in [0.15, 0.2) is 5.13 Å². The van der Waals surface area contributed by atoms with Gasteiger partial charge in [-0.1, -0.05) is 13.8 Å². The van der Waals surface area contributed by atoms with Gasteiger partial charge >= 0.3 is 5.97 Å². The minimum atomic E-state index is -0.935. The van der Waals surface area contributed by atoms with Gasteiger partial charge in [-0.3, -0.25) is 4.79 Å². The number of likely N-dealkylation sites (N-methyl/N-ethyl adjacent to an activating group) is 1. The lowest BCUT2D eigenvalue weighted by atomic mass is 9.90. The third-order valence-corrected chi connectivity index (χ3v) is 4.08. The van der Waals surface area contributed by atoms with E-state index in [0.29, 0.717) is 5.69 Å². The monoisotopic (exact) mass is 285 g/mol. The van der Waals surface area contributed by atoms with E-state index in [4.69, 9.17) is 5.11 Å². The number of anilines is 1. The molecule has 5 nitrogen and oxygen atoms in total. The lowest BCUT2D eigenvalue weighted by Crippen LogP contribution is -2.29. The highest BCUT2D eigenvalue weighted by Crippen LogP contribution is 2.27. The van der Waals surface area contributed by atoms with Crippen molar-refractivity contribution in [3.8, 4) is 0 Å². The molecular formula is C13H23N3O2S. The van der Waals surface area contributed by atoms with E-state index in [1.165, 1.54) is 11.3 Å². The lowest BCUT2D eigenvalue weighted by molar-refractivity contribution is -0.142. The summed E-state index contributed by atoms with van der Waals surface area (Å²) in [5.41, 5.74) is -0.328. The zero-order chi connectivity index (χ0) is 14.5. The highest BCUT2D eigenvalue weighted by Gasteiger charge is 2.32. The molecule has 1 rings (SSSR count). The molecule has 108 valence electrons. The van der Waals surface area contributed by atoms with Crippen molar-refractivity contribution < 1.29 is 9.90 Å². The average Bonchev–Trinajstić information content (AvgIpc) is 2.84. The maximum atomic E-state index is 11.1. The van der Waals surface area contributed by atoms with Gasteiger partial charge in [0.2, 0.25) is 0 Å². The van der Waals surface area contributed by atoms with Crippen LogP contribution in [0.15, 0.2) is 5.38 Å². The molecule has 0 aliphatic carbocycles. The number of nitrogens with one attached hydrogen (secondary N) is 1. The van der Waals surface area contributed by atoms with Crippen molar-refractivity contribution in [3.63, 3.8) is 0 Å². The molecule has 0 saturated heterocycles. The summed E-state index contributed by atoms with van der Waals surface area (Å²) in [7, 11) is 0. The molecule has 0 radical (unpaired) electrons. The van der Waals surface area contributed by atoms with Gasteiger partial charge in [-0.2, -0.15) is 0 Å². The number of hydrogen-bond acceptors (Lipinski definition) is 5. The standard InChI is InChI=1S/C13H23N3O2S/c1-5-16(6-2)8-7-14-12-15-10(9-19-12)13(3,4)11(17)18/h9H,5-8H2,1-4H3,(H,14,15)(H,17,18). The molecule has 0 fully saturated rings. The summed E-state index contributed by atoms with van der Waals surface area (Å²) in [6.07, 6.45) is 0. The number of aliphatic carboxylic acids is 1. The molecule has 1 aromatic rings. The first kappa shape index (κ1) is 15.9. The Bertz CT molecular complexity index is 414. The van der Waals surface area contributed by atoms with Crippen LogP contribution in [0, 0.1) is 0 Å². The Hall–Kier alpha value is -1.14. The van der Waals surface area contributed by atoms with Crippen LogP contribution in [-0.4, -0.2) is 47.1 Å². The van der Waals surface area contributed by atoms with Gasteiger partial charge in [0, 0.05) is 18.5 Å². The van der Waals surface area contributed by atoms with Gasteiger partial charge in [-0.25, -0.2) is 4.98 Å². The first-order valence-electron chi connectivity index (χ1n) is 6.57. The van der Waals surface area contributed by atoms with E-state index in [1.807, 2.05) is 5.38 Å². The average molecular weight is 285 g/mol. The van der Waals surface area contributed by atoms with Crippen LogP contribution in [0.5, 0.6) is 0 Å². The van der Waals surface area contributed by atoms with Crippen molar-refractivity contribution in [1.82, 2.24) is 9.88 Å². The molecular weight excluding hydrogens is 262 g/mol. The fraction of sp³-hybridized carbons (Fsp3) is 0.692. The number of rotatable bonds is 8. The summed E-state index contributed by atoms with van der Waals surface area (Å²) in [6, 6.07) is 0. The SMILES string of the molecule is CCN(CC)CCNc1nc(C(C)(C)C(=O)O)cs1. The third kappa shape index (κ3) is 4.18. The lowest BCUT2D eigenvalue weighted by Gasteiger charge is -2.18. The molecule has 0 bridgehead atoms. The van der Waals surface area contributed by atoms with Gasteiger partial charge < -0.3 is 15.3 Å². The van der Waals surface area contributed by atoms with Crippen molar-refractivity contribution in [3.05, 3.63) is 11.1 Å². The topological polar surface area (TPSA) is 65.5 Å². The van der Waals surface area contributed by atoms with Crippen molar-refractivity contribution in [2.75, 3.05) is 31.5 Å². The zero-order valence-electron chi connectivity index (χ0n) is 12.1. The molecule has 0 unspecified atom stereocenters. The van der Waals surface area contributed by atoms with E-state index in [0.717, 1.165) is 31.3 Å². The predicted molar refractivity (Wildman–Crippen MR) is 79.1 cm³/mol. The molecule has 1 aromatic heterocycles. The number of carboxylic acids is 1. The Morgan fingerprint density at radius 2 is 2.11 bits per heavy atom. The normalized spacial score (nSPS) is 11.8. The van der Waals surface area contributed by atoms with Crippen LogP contribution in [0.1, 0.15) is 33.4 Å². The summed E-state index contributed by atoms with van der Waals surface area (Å²) in [5, 5.41) is 15.0. The van der Waals surface area contributed by atoms with Crippen LogP contribution in [0.2, 0.25) is 0 Å². The highest BCUT2D eigenvalue weighted by atomic mass is 32.1. The summed E-state index contributed by atoms with van der Waals surface area (Å²) in [4.78, 5) is 17.8. The van der Waals surface area contributed by atoms with Crippen molar-refractivity contribution in [1.29, 1.82) is 0 Å². The minimum absolute atomic E-state index is 0.607. The maximum Gasteiger partial charge on any atom is 0.315 e. The molecule has 2 N–H and O–H groups in total. The zero-order valence-corrected chi connectivity index (χ0v) is 12.9. The molecule has 0 aliphatic rings. The molecule has 0 aliphatic heterocycles. The highest BCUT2D eigenvalue weighted by molar-refractivity contribution is 7.13. The first-order valence-corrected chi connectivity index (χ1v) is 7.45. The van der Waals surface area contributed by atoms with E-state index in [2.05, 4.69) is 29.0 Å². The fourth-order valence-corrected chi connectivity index (χ4v) is 2.52. The second-order valence-electron chi connectivity index (χ2n) is 4.92. The Balaban J connectivity index is 2.54. The molecule has 0 saturated carbocycles. The van der Waals surface area contributed by atoms with Crippen LogP contribution < -0.4 is 5.32 Å². The third-order valence-electron chi connectivity index (χ3n) is 3.28. The summed E-state index contributed by atoms with van der Waals surface area (Å²) in [6.45, 7) is 11.5. The molecule has 6 heteroatoms. The van der Waals surface area contributed by atoms with Gasteiger partial charge in [0.25, 0.3) is 0 Å². The Labute approximate surface area is 118 Å². The van der Waals surface area contributed by atoms with Crippen LogP contribution in [0.3, 0.4) is 0 Å². The first-order chi connectivity index (χ1) is 8.91. The number of thiazole rings is 1. The number of carboxylic acid groups (broad SMARTS) is 1. The Kier molecular flexibility index (Phi) is 5.75. The van der Waals surface area contributed by atoms with Gasteiger partial charge in [0.1, 0.15) is 5.41 Å². The smallest absolute Gasteiger partial charge is 0.315 e. The quantitative estimate of drug-likeness (QED) is 0.767. The molecule has 1 heterocycles. The number of aromatic nitrogens is 1. The van der Waals surface area contributed by atoms with E-state index in [9.17, 15) is 4.79 Å². The van der Waals surface area contributed by atoms with E-state index in [1.54, 1.807) is 13.8 Å². The van der Waals surface area contributed by atoms with Crippen molar-refractivity contribution in [2.45, 2.75) is 33.1 Å². The molecule has 0 aromatic carbocycles. The van der Waals surface area contributed by atoms with Crippen LogP contribution >= 0.6 is 11.3 Å². The number of nitrogens with zero attached hydrogens (tertiary/aromatic N) is 2.